The van der Waals surface area contributed by atoms with E-state index in [2.05, 4.69) is 5.32 Å². The van der Waals surface area contributed by atoms with E-state index in [1.165, 1.54) is 32.9 Å². The summed E-state index contributed by atoms with van der Waals surface area (Å²) in [5.74, 6) is -1.39. The SMILES string of the molecule is NCC[C@H]1C(=O)N(Cc2cccc(F)c2)CC2N(C(=O)NCc3cc(C(F)(F)F)cc(C(F)(F)F)c3)CCC(=O)N21. The van der Waals surface area contributed by atoms with Crippen molar-refractivity contribution in [2.75, 3.05) is 19.6 Å². The van der Waals surface area contributed by atoms with E-state index in [1.54, 1.807) is 6.07 Å². The van der Waals surface area contributed by atoms with Crippen LogP contribution in [0.4, 0.5) is 35.5 Å². The van der Waals surface area contributed by atoms with Gasteiger partial charge in [-0.15, -0.1) is 0 Å². The van der Waals surface area contributed by atoms with Gasteiger partial charge in [0.25, 0.3) is 0 Å². The molecule has 2 aliphatic heterocycles. The van der Waals surface area contributed by atoms with E-state index in [1.807, 2.05) is 0 Å². The van der Waals surface area contributed by atoms with E-state index in [9.17, 15) is 45.1 Å². The fraction of sp³-hybridized carbons (Fsp3) is 0.423. The number of urea groups is 1. The van der Waals surface area contributed by atoms with Crippen molar-refractivity contribution in [1.82, 2.24) is 20.0 Å². The molecule has 41 heavy (non-hydrogen) atoms. The third-order valence-electron chi connectivity index (χ3n) is 6.91. The van der Waals surface area contributed by atoms with Gasteiger partial charge in [0.1, 0.15) is 18.0 Å². The number of piperazine rings is 1. The van der Waals surface area contributed by atoms with Crippen LogP contribution in [0.5, 0.6) is 0 Å². The van der Waals surface area contributed by atoms with Gasteiger partial charge in [0.15, 0.2) is 0 Å². The lowest BCUT2D eigenvalue weighted by atomic mass is 10.0. The fourth-order valence-electron chi connectivity index (χ4n) is 5.05. The average Bonchev–Trinajstić information content (AvgIpc) is 2.88. The highest BCUT2D eigenvalue weighted by atomic mass is 19.4. The zero-order chi connectivity index (χ0) is 30.1. The molecule has 15 heteroatoms. The number of benzene rings is 2. The van der Waals surface area contributed by atoms with Crippen LogP contribution >= 0.6 is 0 Å². The molecule has 4 rings (SSSR count). The molecule has 1 unspecified atom stereocenters. The molecule has 2 aromatic rings. The van der Waals surface area contributed by atoms with Crippen molar-refractivity contribution in [3.8, 4) is 0 Å². The second-order valence-corrected chi connectivity index (χ2v) is 9.74. The normalized spacial score (nSPS) is 19.9. The second kappa shape index (κ2) is 11.5. The van der Waals surface area contributed by atoms with Gasteiger partial charge in [0, 0.05) is 26.1 Å². The lowest BCUT2D eigenvalue weighted by molar-refractivity contribution is -0.167. The molecule has 2 heterocycles. The minimum Gasteiger partial charge on any atom is -0.334 e. The number of halogens is 7. The maximum Gasteiger partial charge on any atom is 0.416 e. The zero-order valence-corrected chi connectivity index (χ0v) is 21.4. The third kappa shape index (κ3) is 6.72. The molecular weight excluding hydrogens is 563 g/mol. The molecule has 4 amide bonds. The summed E-state index contributed by atoms with van der Waals surface area (Å²) in [5.41, 5.74) is 2.68. The Bertz CT molecular complexity index is 1280. The molecule has 0 aromatic heterocycles. The molecule has 2 aliphatic rings. The number of carbonyl (C=O) groups excluding carboxylic acids is 3. The number of hydrogen-bond donors (Lipinski definition) is 2. The molecule has 8 nitrogen and oxygen atoms in total. The summed E-state index contributed by atoms with van der Waals surface area (Å²) in [6.07, 6.45) is -11.2. The Balaban J connectivity index is 1.57. The van der Waals surface area contributed by atoms with Crippen molar-refractivity contribution in [1.29, 1.82) is 0 Å². The molecule has 2 atom stereocenters. The van der Waals surface area contributed by atoms with Gasteiger partial charge < -0.3 is 25.8 Å². The van der Waals surface area contributed by atoms with Gasteiger partial charge in [-0.2, -0.15) is 26.3 Å². The van der Waals surface area contributed by atoms with Gasteiger partial charge in [-0.3, -0.25) is 9.59 Å². The summed E-state index contributed by atoms with van der Waals surface area (Å²) in [4.78, 5) is 43.2. The minimum absolute atomic E-state index is 0.0107. The molecule has 2 saturated heterocycles. The van der Waals surface area contributed by atoms with Crippen molar-refractivity contribution in [2.45, 2.75) is 50.5 Å². The van der Waals surface area contributed by atoms with Gasteiger partial charge in [-0.05, 0) is 54.4 Å². The van der Waals surface area contributed by atoms with Crippen molar-refractivity contribution in [3.05, 3.63) is 70.5 Å². The molecular formula is C26H26F7N5O3. The number of alkyl halides is 6. The lowest BCUT2D eigenvalue weighted by Gasteiger charge is -2.52. The van der Waals surface area contributed by atoms with Gasteiger partial charge in [0.05, 0.1) is 17.7 Å². The summed E-state index contributed by atoms with van der Waals surface area (Å²) in [5, 5.41) is 2.34. The number of amides is 4. The number of fused-ring (bicyclic) bond motifs is 1. The summed E-state index contributed by atoms with van der Waals surface area (Å²) in [6, 6.07) is 4.66. The number of carbonyl (C=O) groups is 3. The monoisotopic (exact) mass is 589 g/mol. The highest BCUT2D eigenvalue weighted by Gasteiger charge is 2.48. The van der Waals surface area contributed by atoms with Gasteiger partial charge in [-0.1, -0.05) is 12.1 Å². The molecule has 2 fully saturated rings. The van der Waals surface area contributed by atoms with Crippen LogP contribution in [0.15, 0.2) is 42.5 Å². The van der Waals surface area contributed by atoms with Crippen LogP contribution in [-0.2, 0) is 35.0 Å². The summed E-state index contributed by atoms with van der Waals surface area (Å²) >= 11 is 0. The smallest absolute Gasteiger partial charge is 0.334 e. The van der Waals surface area contributed by atoms with Gasteiger partial charge >= 0.3 is 18.4 Å². The second-order valence-electron chi connectivity index (χ2n) is 9.74. The van der Waals surface area contributed by atoms with Crippen molar-refractivity contribution < 1.29 is 45.1 Å². The molecule has 2 aromatic carbocycles. The van der Waals surface area contributed by atoms with Crippen molar-refractivity contribution in [3.63, 3.8) is 0 Å². The van der Waals surface area contributed by atoms with Gasteiger partial charge in [-0.25, -0.2) is 9.18 Å². The first-order valence-corrected chi connectivity index (χ1v) is 12.6. The number of nitrogens with zero attached hydrogens (tertiary/aromatic N) is 3. The fourth-order valence-corrected chi connectivity index (χ4v) is 5.05. The Hall–Kier alpha value is -3.88. The Morgan fingerprint density at radius 3 is 2.22 bits per heavy atom. The van der Waals surface area contributed by atoms with Crippen LogP contribution in [0.1, 0.15) is 35.1 Å². The Morgan fingerprint density at radius 2 is 1.63 bits per heavy atom. The standard InChI is InChI=1S/C26H26F7N5O3/c27-19-3-1-2-15(10-19)13-36-14-21-37(7-5-22(39)38(21)20(4-6-34)23(36)40)24(41)35-12-16-8-17(25(28,29)30)11-18(9-16)26(31,32)33/h1-3,8-11,20-21H,4-7,12-14,34H2,(H,35,41)/t20-,21?/m0/s1. The number of nitrogens with one attached hydrogen (secondary N) is 1. The Labute approximate surface area is 229 Å². The van der Waals surface area contributed by atoms with Crippen LogP contribution in [0.2, 0.25) is 0 Å². The maximum atomic E-state index is 13.8. The summed E-state index contributed by atoms with van der Waals surface area (Å²) in [7, 11) is 0. The van der Waals surface area contributed by atoms with Gasteiger partial charge in [0.2, 0.25) is 11.8 Å². The highest BCUT2D eigenvalue weighted by molar-refractivity contribution is 5.91. The first-order valence-electron chi connectivity index (χ1n) is 12.6. The third-order valence-corrected chi connectivity index (χ3v) is 6.91. The zero-order valence-electron chi connectivity index (χ0n) is 21.4. The summed E-state index contributed by atoms with van der Waals surface area (Å²) < 4.78 is 93.1. The highest BCUT2D eigenvalue weighted by Crippen LogP contribution is 2.36. The van der Waals surface area contributed by atoms with Crippen LogP contribution in [0.3, 0.4) is 0 Å². The van der Waals surface area contributed by atoms with E-state index >= 15 is 0 Å². The topological polar surface area (TPSA) is 99.0 Å². The predicted octanol–water partition coefficient (Wildman–Crippen LogP) is 3.69. The van der Waals surface area contributed by atoms with Crippen LogP contribution < -0.4 is 11.1 Å². The van der Waals surface area contributed by atoms with Crippen LogP contribution in [0.25, 0.3) is 0 Å². The van der Waals surface area contributed by atoms with E-state index in [0.29, 0.717) is 17.7 Å². The largest absolute Gasteiger partial charge is 0.416 e. The van der Waals surface area contributed by atoms with Crippen LogP contribution in [-0.4, -0.2) is 64.4 Å². The minimum atomic E-state index is -5.05. The molecule has 0 bridgehead atoms. The van der Waals surface area contributed by atoms with E-state index in [-0.39, 0.29) is 45.1 Å². The molecule has 222 valence electrons. The van der Waals surface area contributed by atoms with E-state index < -0.39 is 71.5 Å². The molecule has 0 aliphatic carbocycles. The van der Waals surface area contributed by atoms with Crippen LogP contribution in [0, 0.1) is 5.82 Å². The first-order chi connectivity index (χ1) is 19.2. The molecule has 0 radical (unpaired) electrons. The molecule has 0 saturated carbocycles. The van der Waals surface area contributed by atoms with Crippen molar-refractivity contribution in [2.24, 2.45) is 5.73 Å². The first kappa shape index (κ1) is 30.1. The lowest BCUT2D eigenvalue weighted by Crippen LogP contribution is -2.72. The Kier molecular flexibility index (Phi) is 8.47. The quantitative estimate of drug-likeness (QED) is 0.503. The maximum absolute atomic E-state index is 13.8. The van der Waals surface area contributed by atoms with E-state index in [0.717, 1.165) is 0 Å². The van der Waals surface area contributed by atoms with Crippen molar-refractivity contribution >= 4 is 17.8 Å². The molecule has 0 spiro atoms. The predicted molar refractivity (Wildman–Crippen MR) is 130 cm³/mol. The Morgan fingerprint density at radius 1 is 0.976 bits per heavy atom. The summed E-state index contributed by atoms with van der Waals surface area (Å²) in [6.45, 7) is -0.932. The average molecular weight is 590 g/mol. The molecule has 3 N–H and O–H groups in total. The number of rotatable bonds is 6. The number of nitrogens with two attached hydrogens (primary N) is 1. The van der Waals surface area contributed by atoms with E-state index in [4.69, 9.17) is 5.73 Å². The number of hydrogen-bond acceptors (Lipinski definition) is 4.